The summed E-state index contributed by atoms with van der Waals surface area (Å²) >= 11 is 0. The average Bonchev–Trinajstić information content (AvgIpc) is 2.72. The van der Waals surface area contributed by atoms with Crippen LogP contribution in [0.1, 0.15) is 123 Å². The molecule has 0 aliphatic carbocycles. The van der Waals surface area contributed by atoms with Crippen LogP contribution in [-0.2, 0) is 131 Å². The maximum absolute atomic E-state index is 9.82. The first-order valence-corrected chi connectivity index (χ1v) is 9.77. The van der Waals surface area contributed by atoms with Crippen LogP contribution in [0, 0.1) is 27.5 Å². The fourth-order valence-electron chi connectivity index (χ4n) is 0.500. The molecule has 0 aromatic rings. The van der Waals surface area contributed by atoms with Gasteiger partial charge in [0.2, 0.25) is 0 Å². The molecule has 0 saturated heterocycles. The molecule has 0 saturated carbocycles. The Balaban J connectivity index is -0.00000000596. The first-order valence-electron chi connectivity index (χ1n) is 9.77. The van der Waals surface area contributed by atoms with Crippen molar-refractivity contribution in [3.63, 3.8) is 0 Å². The molecule has 0 bridgehead atoms. The van der Waals surface area contributed by atoms with Crippen molar-refractivity contribution < 1.29 is 140 Å². The molecule has 0 nitrogen and oxygen atoms in total. The van der Waals surface area contributed by atoms with Crippen LogP contribution in [0.3, 0.4) is 0 Å². The fraction of sp³-hybridized carbons (Fsp3) is 0.826. The Hall–Kier alpha value is 3.84. The minimum atomic E-state index is 0. The van der Waals surface area contributed by atoms with Crippen LogP contribution in [0.15, 0.2) is 0 Å². The van der Waals surface area contributed by atoms with E-state index in [1.165, 1.54) is 25.7 Å². The topological polar surface area (TPSA) is 0 Å². The Bertz CT molecular complexity index is 79.8. The molecule has 0 atom stereocenters. The second kappa shape index (κ2) is 388. The van der Waals surface area contributed by atoms with Gasteiger partial charge in [0.15, 0.2) is 0 Å². The van der Waals surface area contributed by atoms with Gasteiger partial charge in [-0.3, -0.25) is 4.39 Å². The fourth-order valence-corrected chi connectivity index (χ4v) is 0.500. The van der Waals surface area contributed by atoms with Crippen LogP contribution in [0.5, 0.6) is 0 Å². The summed E-state index contributed by atoms with van der Waals surface area (Å²) in [6, 6.07) is 0. The van der Waals surface area contributed by atoms with Crippen molar-refractivity contribution in [2.24, 2.45) is 0 Å². The minimum absolute atomic E-state index is 0. The van der Waals surface area contributed by atoms with E-state index in [1.54, 1.807) is 0 Å². The Morgan fingerprint density at radius 3 is 0.621 bits per heavy atom. The normalized spacial score (nSPS) is 3.59. The molecule has 0 aliphatic heterocycles. The molecular formula is C23H60F2Y4-2. The molecule has 6 heteroatoms. The summed E-state index contributed by atoms with van der Waals surface area (Å²) < 4.78 is 19.3. The molecule has 0 heterocycles. The summed E-state index contributed by atoms with van der Waals surface area (Å²) in [5, 5.41) is 0. The van der Waals surface area contributed by atoms with E-state index in [4.69, 9.17) is 0 Å². The van der Waals surface area contributed by atoms with E-state index in [0.29, 0.717) is 7.18 Å². The van der Waals surface area contributed by atoms with Crippen LogP contribution in [0.4, 0.5) is 8.78 Å². The van der Waals surface area contributed by atoms with Gasteiger partial charge in [0.05, 0.1) is 7.18 Å². The number of alkyl halides is 1. The smallest absolute Gasteiger partial charge is 0.102 e. The SMILES string of the molecule is C#CF.CC.CC.CC.CC.CC.CC.CCCCCC.CF.[CH3-].[CH3-].[Y].[Y].[Y].[Y]. The maximum Gasteiger partial charge on any atom is 0.102 e. The van der Waals surface area contributed by atoms with Crippen molar-refractivity contribution in [3.8, 4) is 12.6 Å². The van der Waals surface area contributed by atoms with Crippen molar-refractivity contribution in [1.82, 2.24) is 0 Å². The van der Waals surface area contributed by atoms with Gasteiger partial charge in [0, 0.05) is 131 Å². The summed E-state index contributed by atoms with van der Waals surface area (Å²) in [4.78, 5) is 0. The van der Waals surface area contributed by atoms with E-state index in [1.807, 2.05) is 83.1 Å². The van der Waals surface area contributed by atoms with E-state index >= 15 is 0 Å². The van der Waals surface area contributed by atoms with Gasteiger partial charge in [0.25, 0.3) is 0 Å². The molecule has 4 radical (unpaired) electrons. The zero-order chi connectivity index (χ0) is 21.5. The summed E-state index contributed by atoms with van der Waals surface area (Å²) in [6.07, 6.45) is 10.2. The first-order chi connectivity index (χ1) is 11.3. The zero-order valence-electron chi connectivity index (χ0n) is 24.0. The Labute approximate surface area is 292 Å². The predicted molar refractivity (Wildman–Crippen MR) is 128 cm³/mol. The summed E-state index contributed by atoms with van der Waals surface area (Å²) in [5.74, 6) is 0. The summed E-state index contributed by atoms with van der Waals surface area (Å²) in [5.41, 5.74) is 0. The number of hydrogen-bond acceptors (Lipinski definition) is 0. The second-order valence-corrected chi connectivity index (χ2v) is 1.82. The van der Waals surface area contributed by atoms with Gasteiger partial charge < -0.3 is 14.9 Å². The number of rotatable bonds is 3. The molecule has 180 valence electrons. The standard InChI is InChI=1S/C6H14.C2HF.6C2H6.CH3F.2CH3.4Y/c1-3-5-6-4-2;1-2-3;7*1-2;;;;;;/h3-6H2,1-2H3;1H;6*1-2H3;1H3;2*1H3;;;;/q;;;;;;;;;2*-1;;;;. The van der Waals surface area contributed by atoms with E-state index in [0.717, 1.165) is 6.17 Å². The van der Waals surface area contributed by atoms with E-state index in [-0.39, 0.29) is 146 Å². The van der Waals surface area contributed by atoms with Gasteiger partial charge in [-0.05, 0) is 0 Å². The third-order valence-electron chi connectivity index (χ3n) is 0.957. The quantitative estimate of drug-likeness (QED) is 0.154. The number of hydrogen-bond donors (Lipinski definition) is 0. The van der Waals surface area contributed by atoms with Gasteiger partial charge in [-0.25, -0.2) is 0 Å². The Morgan fingerprint density at radius 2 is 0.586 bits per heavy atom. The first kappa shape index (κ1) is 105. The molecule has 0 aromatic carbocycles. The third kappa shape index (κ3) is 606. The van der Waals surface area contributed by atoms with Crippen molar-refractivity contribution >= 4 is 0 Å². The van der Waals surface area contributed by atoms with Crippen molar-refractivity contribution in [3.05, 3.63) is 14.9 Å². The van der Waals surface area contributed by atoms with Crippen LogP contribution in [0.2, 0.25) is 0 Å². The summed E-state index contributed by atoms with van der Waals surface area (Å²) in [6.45, 7) is 28.5. The second-order valence-electron chi connectivity index (χ2n) is 1.82. The number of halogens is 2. The molecule has 0 unspecified atom stereocenters. The molecule has 0 fully saturated rings. The molecule has 0 spiro atoms. The molecule has 0 amide bonds. The molecule has 29 heavy (non-hydrogen) atoms. The van der Waals surface area contributed by atoms with Crippen LogP contribution in [0.25, 0.3) is 0 Å². The largest absolute Gasteiger partial charge is 0.358 e. The Kier molecular flexibility index (Phi) is 1400. The van der Waals surface area contributed by atoms with Crippen molar-refractivity contribution in [1.29, 1.82) is 0 Å². The van der Waals surface area contributed by atoms with Crippen LogP contribution < -0.4 is 0 Å². The molecule has 0 aromatic heterocycles. The Morgan fingerprint density at radius 1 is 0.517 bits per heavy atom. The van der Waals surface area contributed by atoms with Crippen LogP contribution in [-0.4, -0.2) is 7.18 Å². The predicted octanol–water partition coefficient (Wildman–Crippen LogP) is 10.8. The average molecular weight is 730 g/mol. The number of terminal acetylenes is 1. The number of unbranched alkanes of at least 4 members (excludes halogenated alkanes) is 3. The van der Waals surface area contributed by atoms with E-state index in [2.05, 4.69) is 20.3 Å². The maximum atomic E-state index is 9.82. The third-order valence-corrected chi connectivity index (χ3v) is 0.957. The van der Waals surface area contributed by atoms with E-state index in [9.17, 15) is 8.78 Å². The van der Waals surface area contributed by atoms with E-state index < -0.39 is 0 Å². The van der Waals surface area contributed by atoms with Gasteiger partial charge in [-0.1, -0.05) is 129 Å². The van der Waals surface area contributed by atoms with Crippen molar-refractivity contribution in [2.75, 3.05) is 7.18 Å². The summed E-state index contributed by atoms with van der Waals surface area (Å²) in [7, 11) is 0.500. The molecular weight excluding hydrogens is 670 g/mol. The zero-order valence-corrected chi connectivity index (χ0v) is 35.3. The van der Waals surface area contributed by atoms with Gasteiger partial charge >= 0.3 is 0 Å². The van der Waals surface area contributed by atoms with Gasteiger partial charge in [-0.2, -0.15) is 0 Å². The van der Waals surface area contributed by atoms with Crippen molar-refractivity contribution in [2.45, 2.75) is 123 Å². The monoisotopic (exact) mass is 730 g/mol. The molecule has 0 N–H and O–H groups in total. The van der Waals surface area contributed by atoms with Crippen LogP contribution >= 0.6 is 0 Å². The van der Waals surface area contributed by atoms with Gasteiger partial charge in [0.1, 0.15) is 6.17 Å². The molecule has 0 aliphatic rings. The van der Waals surface area contributed by atoms with Gasteiger partial charge in [-0.15, -0.1) is 4.39 Å². The molecule has 0 rings (SSSR count). The minimum Gasteiger partial charge on any atom is -0.358 e.